The van der Waals surface area contributed by atoms with Crippen molar-refractivity contribution in [3.63, 3.8) is 0 Å². The molecule has 5 nitrogen and oxygen atoms in total. The van der Waals surface area contributed by atoms with Gasteiger partial charge in [-0.2, -0.15) is 0 Å². The first-order chi connectivity index (χ1) is 11.7. The number of hydrogen-bond donors (Lipinski definition) is 1. The van der Waals surface area contributed by atoms with Crippen LogP contribution >= 0.6 is 0 Å². The third-order valence-corrected chi connectivity index (χ3v) is 3.62. The number of carbonyl (C=O) groups excluding carboxylic acids is 2. The van der Waals surface area contributed by atoms with Crippen LogP contribution in [0.3, 0.4) is 0 Å². The summed E-state index contributed by atoms with van der Waals surface area (Å²) >= 11 is 0. The normalized spacial score (nSPS) is 13.8. The van der Waals surface area contributed by atoms with Gasteiger partial charge in [-0.05, 0) is 39.7 Å². The molecule has 140 valence electrons. The van der Waals surface area contributed by atoms with Crippen LogP contribution in [0, 0.1) is 0 Å². The van der Waals surface area contributed by atoms with Crippen LogP contribution in [0.1, 0.15) is 59.4 Å². The van der Waals surface area contributed by atoms with Crippen LogP contribution in [-0.4, -0.2) is 29.6 Å². The van der Waals surface area contributed by atoms with E-state index in [9.17, 15) is 9.59 Å². The average Bonchev–Trinajstić information content (AvgIpc) is 2.54. The molecule has 0 aliphatic rings. The maximum atomic E-state index is 12.5. The molecule has 0 radical (unpaired) electrons. The maximum absolute atomic E-state index is 12.5. The van der Waals surface area contributed by atoms with E-state index in [1.165, 1.54) is 0 Å². The highest BCUT2D eigenvalue weighted by molar-refractivity contribution is 5.88. The number of rotatable bonds is 9. The topological polar surface area (TPSA) is 64.6 Å². The van der Waals surface area contributed by atoms with Crippen LogP contribution in [0.25, 0.3) is 0 Å². The van der Waals surface area contributed by atoms with E-state index in [4.69, 9.17) is 9.47 Å². The van der Waals surface area contributed by atoms with E-state index in [2.05, 4.69) is 5.32 Å². The number of unbranched alkanes of at least 4 members (excludes halogenated alkanes) is 1. The fraction of sp³-hybridized carbons (Fsp3) is 0.600. The second kappa shape index (κ2) is 10.2. The highest BCUT2D eigenvalue weighted by Gasteiger charge is 2.29. The van der Waals surface area contributed by atoms with E-state index >= 15 is 0 Å². The minimum absolute atomic E-state index is 0.0340. The van der Waals surface area contributed by atoms with Crippen LogP contribution in [-0.2, 0) is 20.9 Å². The molecule has 25 heavy (non-hydrogen) atoms. The molecule has 0 heterocycles. The Morgan fingerprint density at radius 3 is 2.36 bits per heavy atom. The molecule has 0 aliphatic heterocycles. The lowest BCUT2D eigenvalue weighted by atomic mass is 10.0. The number of ketones is 1. The summed E-state index contributed by atoms with van der Waals surface area (Å²) < 4.78 is 11.1. The quantitative estimate of drug-likeness (QED) is 0.724. The molecule has 0 saturated carbocycles. The smallest absolute Gasteiger partial charge is 0.408 e. The minimum Gasteiger partial charge on any atom is -0.444 e. The SMILES string of the molecule is CCCCC(=O)[C@H](NC(=O)OC(C)(C)C)[C@H](C)OCc1ccccc1. The number of ether oxygens (including phenoxy) is 2. The van der Waals surface area contributed by atoms with Crippen LogP contribution in [0.15, 0.2) is 30.3 Å². The first-order valence-corrected chi connectivity index (χ1v) is 8.90. The van der Waals surface area contributed by atoms with Crippen molar-refractivity contribution in [2.45, 2.75) is 78.2 Å². The number of benzene rings is 1. The van der Waals surface area contributed by atoms with E-state index in [-0.39, 0.29) is 5.78 Å². The molecule has 0 bridgehead atoms. The molecule has 1 aromatic rings. The lowest BCUT2D eigenvalue weighted by Gasteiger charge is -2.26. The molecular weight excluding hydrogens is 318 g/mol. The first-order valence-electron chi connectivity index (χ1n) is 8.90. The molecule has 2 atom stereocenters. The van der Waals surface area contributed by atoms with Crippen LogP contribution in [0.2, 0.25) is 0 Å². The van der Waals surface area contributed by atoms with E-state index in [1.807, 2.05) is 37.3 Å². The number of hydrogen-bond acceptors (Lipinski definition) is 4. The van der Waals surface area contributed by atoms with Gasteiger partial charge in [-0.3, -0.25) is 4.79 Å². The summed E-state index contributed by atoms with van der Waals surface area (Å²) in [5, 5.41) is 2.68. The van der Waals surface area contributed by atoms with Gasteiger partial charge in [-0.25, -0.2) is 4.79 Å². The lowest BCUT2D eigenvalue weighted by molar-refractivity contribution is -0.125. The predicted octanol–water partition coefficient (Wildman–Crippen LogP) is 4.24. The standard InChI is InChI=1S/C20H31NO4/c1-6-7-13-17(22)18(21-19(23)25-20(3,4)5)15(2)24-14-16-11-9-8-10-12-16/h8-12,15,18H,6-7,13-14H2,1-5H3,(H,21,23)/t15-,18+/m0/s1. The minimum atomic E-state index is -0.717. The largest absolute Gasteiger partial charge is 0.444 e. The Kier molecular flexibility index (Phi) is 8.62. The summed E-state index contributed by atoms with van der Waals surface area (Å²) in [5.41, 5.74) is 0.404. The van der Waals surface area contributed by atoms with Crippen molar-refractivity contribution < 1.29 is 19.1 Å². The zero-order chi connectivity index (χ0) is 18.9. The Morgan fingerprint density at radius 2 is 1.80 bits per heavy atom. The molecule has 1 aromatic carbocycles. The molecule has 0 unspecified atom stereocenters. The number of carbonyl (C=O) groups is 2. The van der Waals surface area contributed by atoms with Gasteiger partial charge in [-0.1, -0.05) is 43.7 Å². The van der Waals surface area contributed by atoms with Crippen molar-refractivity contribution in [2.75, 3.05) is 0 Å². The fourth-order valence-corrected chi connectivity index (χ4v) is 2.30. The Bertz CT molecular complexity index is 536. The Labute approximate surface area is 151 Å². The number of nitrogens with one attached hydrogen (secondary N) is 1. The second-order valence-electron chi connectivity index (χ2n) is 7.20. The zero-order valence-corrected chi connectivity index (χ0v) is 16.0. The summed E-state index contributed by atoms with van der Waals surface area (Å²) in [6.45, 7) is 9.57. The molecule has 5 heteroatoms. The Balaban J connectivity index is 2.71. The van der Waals surface area contributed by atoms with Crippen molar-refractivity contribution >= 4 is 11.9 Å². The van der Waals surface area contributed by atoms with Gasteiger partial charge in [0.1, 0.15) is 11.6 Å². The summed E-state index contributed by atoms with van der Waals surface area (Å²) in [6, 6.07) is 9.01. The first kappa shape index (κ1) is 21.2. The zero-order valence-electron chi connectivity index (χ0n) is 16.0. The molecule has 0 aliphatic carbocycles. The lowest BCUT2D eigenvalue weighted by Crippen LogP contribution is -2.50. The molecule has 0 saturated heterocycles. The summed E-state index contributed by atoms with van der Waals surface area (Å²) in [5.74, 6) is -0.0340. The molecule has 1 amide bonds. The van der Waals surface area contributed by atoms with Gasteiger partial charge in [0.05, 0.1) is 12.7 Å². The fourth-order valence-electron chi connectivity index (χ4n) is 2.30. The third kappa shape index (κ3) is 8.68. The molecule has 1 N–H and O–H groups in total. The van der Waals surface area contributed by atoms with Gasteiger partial charge >= 0.3 is 6.09 Å². The molecule has 0 fully saturated rings. The van der Waals surface area contributed by atoms with Gasteiger partial charge in [0.15, 0.2) is 5.78 Å². The van der Waals surface area contributed by atoms with Crippen molar-refractivity contribution in [3.05, 3.63) is 35.9 Å². The summed E-state index contributed by atoms with van der Waals surface area (Å²) in [7, 11) is 0. The Hall–Kier alpha value is -1.88. The van der Waals surface area contributed by atoms with E-state index in [0.29, 0.717) is 13.0 Å². The van der Waals surface area contributed by atoms with Gasteiger partial charge in [0, 0.05) is 6.42 Å². The molecule has 0 aromatic heterocycles. The van der Waals surface area contributed by atoms with Crippen LogP contribution in [0.5, 0.6) is 0 Å². The summed E-state index contributed by atoms with van der Waals surface area (Å²) in [6.07, 6.45) is 1.08. The number of Topliss-reactive ketones (excluding diaryl/α,β-unsaturated/α-hetero) is 1. The second-order valence-corrected chi connectivity index (χ2v) is 7.20. The van der Waals surface area contributed by atoms with Crippen LogP contribution < -0.4 is 5.32 Å². The summed E-state index contributed by atoms with van der Waals surface area (Å²) in [4.78, 5) is 24.6. The van der Waals surface area contributed by atoms with Gasteiger partial charge in [0.25, 0.3) is 0 Å². The van der Waals surface area contributed by atoms with E-state index < -0.39 is 23.8 Å². The Morgan fingerprint density at radius 1 is 1.16 bits per heavy atom. The van der Waals surface area contributed by atoms with Crippen molar-refractivity contribution in [1.29, 1.82) is 0 Å². The van der Waals surface area contributed by atoms with Gasteiger partial charge in [-0.15, -0.1) is 0 Å². The number of alkyl carbamates (subject to hydrolysis) is 1. The van der Waals surface area contributed by atoms with Crippen molar-refractivity contribution in [3.8, 4) is 0 Å². The highest BCUT2D eigenvalue weighted by atomic mass is 16.6. The van der Waals surface area contributed by atoms with Gasteiger partial charge < -0.3 is 14.8 Å². The molecular formula is C20H31NO4. The van der Waals surface area contributed by atoms with E-state index in [1.54, 1.807) is 27.7 Å². The predicted molar refractivity (Wildman–Crippen MR) is 98.4 cm³/mol. The maximum Gasteiger partial charge on any atom is 0.408 e. The molecule has 1 rings (SSSR count). The van der Waals surface area contributed by atoms with E-state index in [0.717, 1.165) is 18.4 Å². The van der Waals surface area contributed by atoms with Crippen molar-refractivity contribution in [2.24, 2.45) is 0 Å². The number of amides is 1. The highest BCUT2D eigenvalue weighted by Crippen LogP contribution is 2.12. The molecule has 0 spiro atoms. The van der Waals surface area contributed by atoms with Gasteiger partial charge in [0.2, 0.25) is 0 Å². The average molecular weight is 349 g/mol. The van der Waals surface area contributed by atoms with Crippen LogP contribution in [0.4, 0.5) is 4.79 Å². The van der Waals surface area contributed by atoms with Crippen molar-refractivity contribution in [1.82, 2.24) is 5.32 Å². The third-order valence-electron chi connectivity index (χ3n) is 3.62. The monoisotopic (exact) mass is 349 g/mol.